The maximum Gasteiger partial charge on any atom is 0.119 e. The van der Waals surface area contributed by atoms with E-state index in [0.29, 0.717) is 13.0 Å². The molecule has 0 aliphatic carbocycles. The van der Waals surface area contributed by atoms with Crippen molar-refractivity contribution in [2.45, 2.75) is 25.9 Å². The minimum atomic E-state index is -0.917. The average molecular weight is 286 g/mol. The third-order valence-corrected chi connectivity index (χ3v) is 3.49. The number of methoxy groups -OCH3 is 1. The van der Waals surface area contributed by atoms with Crippen LogP contribution in [0.1, 0.15) is 25.0 Å². The Morgan fingerprint density at radius 1 is 0.952 bits per heavy atom. The van der Waals surface area contributed by atoms with Gasteiger partial charge in [-0.25, -0.2) is 0 Å². The van der Waals surface area contributed by atoms with Crippen molar-refractivity contribution in [2.24, 2.45) is 0 Å². The van der Waals surface area contributed by atoms with Crippen LogP contribution in [0, 0.1) is 0 Å². The van der Waals surface area contributed by atoms with Crippen LogP contribution < -0.4 is 9.47 Å². The van der Waals surface area contributed by atoms with Gasteiger partial charge in [0.1, 0.15) is 11.5 Å². The lowest BCUT2D eigenvalue weighted by atomic mass is 9.89. The van der Waals surface area contributed by atoms with Crippen molar-refractivity contribution < 1.29 is 14.6 Å². The third-order valence-electron chi connectivity index (χ3n) is 3.49. The van der Waals surface area contributed by atoms with E-state index in [1.807, 2.05) is 62.4 Å². The van der Waals surface area contributed by atoms with Gasteiger partial charge in [0, 0.05) is 6.42 Å². The van der Waals surface area contributed by atoms with Gasteiger partial charge in [-0.1, -0.05) is 24.3 Å². The SMILES string of the molecule is CCOc1ccc(C(C)(O)Cc2ccc(OC)cc2)cc1. The molecule has 0 aromatic heterocycles. The van der Waals surface area contributed by atoms with E-state index >= 15 is 0 Å². The van der Waals surface area contributed by atoms with Gasteiger partial charge in [-0.05, 0) is 49.2 Å². The van der Waals surface area contributed by atoms with Gasteiger partial charge in [-0.3, -0.25) is 0 Å². The van der Waals surface area contributed by atoms with E-state index in [4.69, 9.17) is 9.47 Å². The minimum Gasteiger partial charge on any atom is -0.497 e. The molecule has 1 atom stereocenters. The first-order valence-corrected chi connectivity index (χ1v) is 7.14. The van der Waals surface area contributed by atoms with Gasteiger partial charge in [-0.15, -0.1) is 0 Å². The maximum absolute atomic E-state index is 10.7. The predicted octanol–water partition coefficient (Wildman–Crippen LogP) is 3.54. The lowest BCUT2D eigenvalue weighted by molar-refractivity contribution is 0.0575. The Balaban J connectivity index is 2.12. The van der Waals surface area contributed by atoms with Gasteiger partial charge in [0.2, 0.25) is 0 Å². The van der Waals surface area contributed by atoms with Crippen molar-refractivity contribution in [3.05, 3.63) is 59.7 Å². The van der Waals surface area contributed by atoms with E-state index in [-0.39, 0.29) is 0 Å². The summed E-state index contributed by atoms with van der Waals surface area (Å²) in [7, 11) is 1.64. The van der Waals surface area contributed by atoms with Gasteiger partial charge >= 0.3 is 0 Å². The third kappa shape index (κ3) is 3.99. The molecule has 3 heteroatoms. The number of rotatable bonds is 6. The predicted molar refractivity (Wildman–Crippen MR) is 83.9 cm³/mol. The van der Waals surface area contributed by atoms with Crippen LogP contribution in [0.4, 0.5) is 0 Å². The fourth-order valence-electron chi connectivity index (χ4n) is 2.32. The summed E-state index contributed by atoms with van der Waals surface area (Å²) in [5, 5.41) is 10.7. The van der Waals surface area contributed by atoms with E-state index in [0.717, 1.165) is 22.6 Å². The minimum absolute atomic E-state index is 0.547. The Bertz CT molecular complexity index is 556. The first kappa shape index (κ1) is 15.4. The topological polar surface area (TPSA) is 38.7 Å². The zero-order chi connectivity index (χ0) is 15.3. The Morgan fingerprint density at radius 2 is 1.52 bits per heavy atom. The van der Waals surface area contributed by atoms with Gasteiger partial charge < -0.3 is 14.6 Å². The normalized spacial score (nSPS) is 13.5. The Labute approximate surface area is 126 Å². The quantitative estimate of drug-likeness (QED) is 0.882. The standard InChI is InChI=1S/C18H22O3/c1-4-21-17-11-7-15(8-12-17)18(2,19)13-14-5-9-16(20-3)10-6-14/h5-12,19H,4,13H2,1-3H3. The molecule has 1 unspecified atom stereocenters. The molecule has 0 bridgehead atoms. The number of benzene rings is 2. The summed E-state index contributed by atoms with van der Waals surface area (Å²) >= 11 is 0. The van der Waals surface area contributed by atoms with Crippen molar-refractivity contribution in [1.29, 1.82) is 0 Å². The molecule has 0 aliphatic rings. The second-order valence-electron chi connectivity index (χ2n) is 5.26. The molecule has 2 rings (SSSR count). The molecule has 21 heavy (non-hydrogen) atoms. The summed E-state index contributed by atoms with van der Waals surface area (Å²) in [6.45, 7) is 4.42. The van der Waals surface area contributed by atoms with Gasteiger partial charge in [0.05, 0.1) is 19.3 Å². The highest BCUT2D eigenvalue weighted by Gasteiger charge is 2.23. The second kappa shape index (κ2) is 6.64. The highest BCUT2D eigenvalue weighted by Crippen LogP contribution is 2.27. The fraction of sp³-hybridized carbons (Fsp3) is 0.333. The Hall–Kier alpha value is -2.00. The summed E-state index contributed by atoms with van der Waals surface area (Å²) < 4.78 is 10.6. The maximum atomic E-state index is 10.7. The molecule has 0 spiro atoms. The Morgan fingerprint density at radius 3 is 2.05 bits per heavy atom. The van der Waals surface area contributed by atoms with Crippen LogP contribution in [-0.4, -0.2) is 18.8 Å². The summed E-state index contributed by atoms with van der Waals surface area (Å²) in [4.78, 5) is 0. The zero-order valence-electron chi connectivity index (χ0n) is 12.8. The van der Waals surface area contributed by atoms with Crippen molar-refractivity contribution in [3.63, 3.8) is 0 Å². The van der Waals surface area contributed by atoms with Crippen molar-refractivity contribution in [2.75, 3.05) is 13.7 Å². The molecule has 112 valence electrons. The zero-order valence-corrected chi connectivity index (χ0v) is 12.8. The summed E-state index contributed by atoms with van der Waals surface area (Å²) in [5.74, 6) is 1.64. The molecule has 1 N–H and O–H groups in total. The first-order chi connectivity index (χ1) is 10.0. The summed E-state index contributed by atoms with van der Waals surface area (Å²) in [6.07, 6.45) is 0.547. The molecule has 0 amide bonds. The Kier molecular flexibility index (Phi) is 4.86. The van der Waals surface area contributed by atoms with Gasteiger partial charge in [0.15, 0.2) is 0 Å². The van der Waals surface area contributed by atoms with Gasteiger partial charge in [0.25, 0.3) is 0 Å². The summed E-state index contributed by atoms with van der Waals surface area (Å²) in [6, 6.07) is 15.4. The molecular weight excluding hydrogens is 264 g/mol. The molecule has 0 radical (unpaired) electrons. The van der Waals surface area contributed by atoms with Crippen LogP contribution in [0.15, 0.2) is 48.5 Å². The molecule has 2 aromatic carbocycles. The van der Waals surface area contributed by atoms with E-state index in [1.54, 1.807) is 7.11 Å². The first-order valence-electron chi connectivity index (χ1n) is 7.14. The lowest BCUT2D eigenvalue weighted by Crippen LogP contribution is -2.24. The van der Waals surface area contributed by atoms with E-state index in [9.17, 15) is 5.11 Å². The molecule has 0 fully saturated rings. The van der Waals surface area contributed by atoms with Crippen LogP contribution in [0.3, 0.4) is 0 Å². The molecule has 0 saturated carbocycles. The molecule has 0 saturated heterocycles. The molecular formula is C18H22O3. The average Bonchev–Trinajstić information content (AvgIpc) is 2.48. The van der Waals surface area contributed by atoms with Crippen molar-refractivity contribution in [1.82, 2.24) is 0 Å². The lowest BCUT2D eigenvalue weighted by Gasteiger charge is -2.24. The van der Waals surface area contributed by atoms with Crippen LogP contribution >= 0.6 is 0 Å². The molecule has 2 aromatic rings. The highest BCUT2D eigenvalue weighted by molar-refractivity contribution is 5.33. The van der Waals surface area contributed by atoms with E-state index in [1.165, 1.54) is 0 Å². The monoisotopic (exact) mass is 286 g/mol. The smallest absolute Gasteiger partial charge is 0.119 e. The number of hydrogen-bond acceptors (Lipinski definition) is 3. The molecule has 0 aliphatic heterocycles. The van der Waals surface area contributed by atoms with Crippen molar-refractivity contribution >= 4 is 0 Å². The second-order valence-corrected chi connectivity index (χ2v) is 5.26. The summed E-state index contributed by atoms with van der Waals surface area (Å²) in [5.41, 5.74) is 1.02. The number of aliphatic hydroxyl groups is 1. The molecule has 0 heterocycles. The molecule has 3 nitrogen and oxygen atoms in total. The van der Waals surface area contributed by atoms with Crippen LogP contribution in [0.25, 0.3) is 0 Å². The number of ether oxygens (including phenoxy) is 2. The van der Waals surface area contributed by atoms with Crippen LogP contribution in [0.2, 0.25) is 0 Å². The van der Waals surface area contributed by atoms with Crippen molar-refractivity contribution in [3.8, 4) is 11.5 Å². The highest BCUT2D eigenvalue weighted by atomic mass is 16.5. The number of hydrogen-bond donors (Lipinski definition) is 1. The largest absolute Gasteiger partial charge is 0.497 e. The van der Waals surface area contributed by atoms with E-state index in [2.05, 4.69) is 0 Å². The van der Waals surface area contributed by atoms with Gasteiger partial charge in [-0.2, -0.15) is 0 Å². The fourth-order valence-corrected chi connectivity index (χ4v) is 2.32. The van der Waals surface area contributed by atoms with E-state index < -0.39 is 5.60 Å². The van der Waals surface area contributed by atoms with Crippen LogP contribution in [-0.2, 0) is 12.0 Å². The van der Waals surface area contributed by atoms with Crippen LogP contribution in [0.5, 0.6) is 11.5 Å².